The van der Waals surface area contributed by atoms with Crippen LogP contribution in [-0.4, -0.2) is 7.05 Å². The minimum atomic E-state index is -0.230. The van der Waals surface area contributed by atoms with E-state index in [0.717, 1.165) is 5.69 Å². The van der Waals surface area contributed by atoms with Crippen molar-refractivity contribution in [2.45, 2.75) is 5.41 Å². The molecule has 128 valence electrons. The van der Waals surface area contributed by atoms with Crippen LogP contribution in [0.4, 0.5) is 5.69 Å². The van der Waals surface area contributed by atoms with E-state index in [9.17, 15) is 0 Å². The topological polar surface area (TPSA) is 12.0 Å². The van der Waals surface area contributed by atoms with Crippen LogP contribution < -0.4 is 5.32 Å². The molecule has 1 spiro atoms. The summed E-state index contributed by atoms with van der Waals surface area (Å²) in [6.45, 7) is 0. The molecule has 0 saturated heterocycles. The Balaban J connectivity index is 1.85. The Bertz CT molecular complexity index is 1150. The standard InChI is InChI=1S/C26H19N/c1-27-17-14-15-21-20-10-4-7-13-24(20)26(25(21)16-17)22-11-5-2-8-18(22)19-9-3-6-12-23(19)26/h2-16,27H,1H3. The van der Waals surface area contributed by atoms with E-state index in [1.807, 2.05) is 7.05 Å². The maximum absolute atomic E-state index is 3.34. The van der Waals surface area contributed by atoms with Crippen molar-refractivity contribution in [3.05, 3.63) is 113 Å². The number of nitrogens with one attached hydrogen (secondary N) is 1. The van der Waals surface area contributed by atoms with E-state index < -0.39 is 0 Å². The van der Waals surface area contributed by atoms with Crippen LogP contribution in [0.15, 0.2) is 91.0 Å². The van der Waals surface area contributed by atoms with Gasteiger partial charge in [0.25, 0.3) is 0 Å². The molecule has 0 unspecified atom stereocenters. The van der Waals surface area contributed by atoms with Crippen LogP contribution >= 0.6 is 0 Å². The lowest BCUT2D eigenvalue weighted by atomic mass is 9.70. The molecular formula is C26H19N. The van der Waals surface area contributed by atoms with Gasteiger partial charge in [0.2, 0.25) is 0 Å². The number of fused-ring (bicyclic) bond motifs is 10. The summed E-state index contributed by atoms with van der Waals surface area (Å²) in [5.41, 5.74) is 11.9. The Labute approximate surface area is 159 Å². The Hall–Kier alpha value is -3.32. The lowest BCUT2D eigenvalue weighted by molar-refractivity contribution is 0.794. The normalized spacial score (nSPS) is 14.4. The van der Waals surface area contributed by atoms with E-state index in [0.29, 0.717) is 0 Å². The summed E-state index contributed by atoms with van der Waals surface area (Å²) in [6.07, 6.45) is 0. The molecule has 0 heterocycles. The van der Waals surface area contributed by atoms with Gasteiger partial charge < -0.3 is 5.32 Å². The molecule has 0 aromatic heterocycles. The van der Waals surface area contributed by atoms with Crippen molar-refractivity contribution in [3.8, 4) is 22.3 Å². The van der Waals surface area contributed by atoms with Crippen molar-refractivity contribution in [2.75, 3.05) is 12.4 Å². The highest BCUT2D eigenvalue weighted by Crippen LogP contribution is 2.62. The van der Waals surface area contributed by atoms with E-state index in [1.54, 1.807) is 0 Å². The molecule has 4 aromatic carbocycles. The molecular weight excluding hydrogens is 326 g/mol. The molecule has 6 rings (SSSR count). The second kappa shape index (κ2) is 5.11. The highest BCUT2D eigenvalue weighted by Gasteiger charge is 2.51. The summed E-state index contributed by atoms with van der Waals surface area (Å²) < 4.78 is 0. The number of benzene rings is 4. The number of hydrogen-bond donors (Lipinski definition) is 1. The number of anilines is 1. The smallest absolute Gasteiger partial charge is 0.0726 e. The van der Waals surface area contributed by atoms with Crippen LogP contribution in [-0.2, 0) is 5.41 Å². The summed E-state index contributed by atoms with van der Waals surface area (Å²) in [4.78, 5) is 0. The van der Waals surface area contributed by atoms with Gasteiger partial charge in [-0.2, -0.15) is 0 Å². The second-order valence-corrected chi connectivity index (χ2v) is 7.40. The SMILES string of the molecule is CNc1ccc2c(c1)C1(c3ccccc3-c3ccccc31)c1ccccc1-2. The first-order chi connectivity index (χ1) is 13.4. The van der Waals surface area contributed by atoms with Crippen LogP contribution in [0.2, 0.25) is 0 Å². The third kappa shape index (κ3) is 1.65. The van der Waals surface area contributed by atoms with E-state index in [2.05, 4.69) is 96.3 Å². The zero-order valence-electron chi connectivity index (χ0n) is 15.2. The monoisotopic (exact) mass is 345 g/mol. The van der Waals surface area contributed by atoms with Crippen molar-refractivity contribution in [2.24, 2.45) is 0 Å². The highest BCUT2D eigenvalue weighted by atomic mass is 14.8. The first-order valence-corrected chi connectivity index (χ1v) is 9.47. The Morgan fingerprint density at radius 1 is 0.519 bits per heavy atom. The third-order valence-electron chi connectivity index (χ3n) is 6.29. The van der Waals surface area contributed by atoms with Crippen molar-refractivity contribution in [3.63, 3.8) is 0 Å². The highest BCUT2D eigenvalue weighted by molar-refractivity contribution is 5.95. The van der Waals surface area contributed by atoms with Crippen LogP contribution in [0.3, 0.4) is 0 Å². The maximum atomic E-state index is 3.34. The maximum Gasteiger partial charge on any atom is 0.0726 e. The Morgan fingerprint density at radius 2 is 0.963 bits per heavy atom. The summed E-state index contributed by atoms with van der Waals surface area (Å²) in [5.74, 6) is 0. The molecule has 0 atom stereocenters. The minimum absolute atomic E-state index is 0.230. The molecule has 0 saturated carbocycles. The van der Waals surface area contributed by atoms with Crippen molar-refractivity contribution in [1.82, 2.24) is 0 Å². The van der Waals surface area contributed by atoms with Gasteiger partial charge in [0.05, 0.1) is 5.41 Å². The third-order valence-corrected chi connectivity index (χ3v) is 6.29. The lowest BCUT2D eigenvalue weighted by Crippen LogP contribution is -2.25. The van der Waals surface area contributed by atoms with Crippen LogP contribution in [0, 0.1) is 0 Å². The molecule has 1 N–H and O–H groups in total. The van der Waals surface area contributed by atoms with Gasteiger partial charge in [-0.3, -0.25) is 0 Å². The van der Waals surface area contributed by atoms with Crippen molar-refractivity contribution < 1.29 is 0 Å². The first kappa shape index (κ1) is 14.8. The number of hydrogen-bond acceptors (Lipinski definition) is 1. The molecule has 1 heteroatoms. The summed E-state index contributed by atoms with van der Waals surface area (Å²) in [7, 11) is 1.99. The molecule has 0 fully saturated rings. The predicted octanol–water partition coefficient (Wildman–Crippen LogP) is 6.07. The molecule has 1 nitrogen and oxygen atoms in total. The average Bonchev–Trinajstić information content (AvgIpc) is 3.21. The fraction of sp³-hybridized carbons (Fsp3) is 0.0769. The van der Waals surface area contributed by atoms with Crippen molar-refractivity contribution >= 4 is 5.69 Å². The van der Waals surface area contributed by atoms with Gasteiger partial charge in [0, 0.05) is 12.7 Å². The molecule has 0 bridgehead atoms. The van der Waals surface area contributed by atoms with Gasteiger partial charge in [-0.1, -0.05) is 78.9 Å². The zero-order chi connectivity index (χ0) is 18.0. The van der Waals surface area contributed by atoms with Gasteiger partial charge in [-0.15, -0.1) is 0 Å². The van der Waals surface area contributed by atoms with Crippen molar-refractivity contribution in [1.29, 1.82) is 0 Å². The van der Waals surface area contributed by atoms with Crippen LogP contribution in [0.25, 0.3) is 22.3 Å². The minimum Gasteiger partial charge on any atom is -0.388 e. The number of rotatable bonds is 1. The lowest BCUT2D eigenvalue weighted by Gasteiger charge is -2.30. The molecule has 0 radical (unpaired) electrons. The van der Waals surface area contributed by atoms with Gasteiger partial charge in [0.1, 0.15) is 0 Å². The van der Waals surface area contributed by atoms with E-state index >= 15 is 0 Å². The Kier molecular flexibility index (Phi) is 2.80. The summed E-state index contributed by atoms with van der Waals surface area (Å²) >= 11 is 0. The van der Waals surface area contributed by atoms with Crippen LogP contribution in [0.5, 0.6) is 0 Å². The van der Waals surface area contributed by atoms with E-state index in [4.69, 9.17) is 0 Å². The molecule has 2 aliphatic carbocycles. The fourth-order valence-corrected chi connectivity index (χ4v) is 5.25. The first-order valence-electron chi connectivity index (χ1n) is 9.47. The predicted molar refractivity (Wildman–Crippen MR) is 112 cm³/mol. The molecule has 0 amide bonds. The van der Waals surface area contributed by atoms with E-state index in [1.165, 1.54) is 44.5 Å². The van der Waals surface area contributed by atoms with E-state index in [-0.39, 0.29) is 5.41 Å². The van der Waals surface area contributed by atoms with Gasteiger partial charge in [-0.25, -0.2) is 0 Å². The Morgan fingerprint density at radius 3 is 1.44 bits per heavy atom. The summed E-state index contributed by atoms with van der Waals surface area (Å²) in [5, 5.41) is 3.34. The summed E-state index contributed by atoms with van der Waals surface area (Å²) in [6, 6.07) is 33.5. The fourth-order valence-electron chi connectivity index (χ4n) is 5.25. The largest absolute Gasteiger partial charge is 0.388 e. The zero-order valence-corrected chi connectivity index (χ0v) is 15.2. The average molecular weight is 345 g/mol. The van der Waals surface area contributed by atoms with Gasteiger partial charge in [0.15, 0.2) is 0 Å². The molecule has 27 heavy (non-hydrogen) atoms. The second-order valence-electron chi connectivity index (χ2n) is 7.40. The van der Waals surface area contributed by atoms with Crippen LogP contribution in [0.1, 0.15) is 22.3 Å². The molecule has 4 aromatic rings. The molecule has 2 aliphatic rings. The van der Waals surface area contributed by atoms with Gasteiger partial charge >= 0.3 is 0 Å². The quantitative estimate of drug-likeness (QED) is 0.381. The molecule has 0 aliphatic heterocycles. The van der Waals surface area contributed by atoms with Gasteiger partial charge in [-0.05, 0) is 56.6 Å².